The summed E-state index contributed by atoms with van der Waals surface area (Å²) in [4.78, 5) is 12.1. The number of alkyl halides is 2. The van der Waals surface area contributed by atoms with Crippen molar-refractivity contribution in [2.45, 2.75) is 38.3 Å². The predicted octanol–water partition coefficient (Wildman–Crippen LogP) is 2.50. The normalized spacial score (nSPS) is 16.6. The molecule has 3 N–H and O–H groups in total. The first-order chi connectivity index (χ1) is 9.94. The van der Waals surface area contributed by atoms with Crippen LogP contribution in [0.4, 0.5) is 8.78 Å². The molecule has 1 fully saturated rings. The second-order valence-corrected chi connectivity index (χ2v) is 5.61. The minimum absolute atomic E-state index is 0. The largest absolute Gasteiger partial charge is 0.435 e. The molecule has 1 amide bonds. The van der Waals surface area contributed by atoms with Crippen molar-refractivity contribution in [2.75, 3.05) is 6.54 Å². The molecule has 1 aliphatic carbocycles. The van der Waals surface area contributed by atoms with E-state index in [1.54, 1.807) is 18.2 Å². The SMILES string of the molecule is CC(CN)(NC(=O)Cc1ccccc1OC(F)F)C1CC1.Cl. The highest BCUT2D eigenvalue weighted by Crippen LogP contribution is 2.39. The van der Waals surface area contributed by atoms with Crippen LogP contribution >= 0.6 is 12.4 Å². The fourth-order valence-corrected chi connectivity index (χ4v) is 2.44. The quantitative estimate of drug-likeness (QED) is 0.805. The number of carbonyl (C=O) groups excluding carboxylic acids is 1. The number of nitrogens with one attached hydrogen (secondary N) is 1. The van der Waals surface area contributed by atoms with Crippen LogP contribution in [0.2, 0.25) is 0 Å². The Hall–Kier alpha value is -1.40. The zero-order valence-corrected chi connectivity index (χ0v) is 13.2. The summed E-state index contributed by atoms with van der Waals surface area (Å²) in [5, 5.41) is 2.93. The molecule has 2 rings (SSSR count). The molecule has 22 heavy (non-hydrogen) atoms. The summed E-state index contributed by atoms with van der Waals surface area (Å²) in [5.41, 5.74) is 5.76. The first-order valence-corrected chi connectivity index (χ1v) is 6.98. The highest BCUT2D eigenvalue weighted by atomic mass is 35.5. The van der Waals surface area contributed by atoms with E-state index in [9.17, 15) is 13.6 Å². The number of rotatable bonds is 7. The minimum atomic E-state index is -2.91. The van der Waals surface area contributed by atoms with E-state index in [1.807, 2.05) is 6.92 Å². The van der Waals surface area contributed by atoms with Gasteiger partial charge in [-0.25, -0.2) is 0 Å². The Morgan fingerprint density at radius 3 is 2.64 bits per heavy atom. The van der Waals surface area contributed by atoms with Crippen LogP contribution in [-0.4, -0.2) is 24.6 Å². The van der Waals surface area contributed by atoms with Gasteiger partial charge < -0.3 is 15.8 Å². The Morgan fingerprint density at radius 1 is 1.45 bits per heavy atom. The van der Waals surface area contributed by atoms with Crippen molar-refractivity contribution >= 4 is 18.3 Å². The van der Waals surface area contributed by atoms with E-state index in [-0.39, 0.29) is 30.5 Å². The number of para-hydroxylation sites is 1. The van der Waals surface area contributed by atoms with Gasteiger partial charge in [-0.1, -0.05) is 18.2 Å². The van der Waals surface area contributed by atoms with Gasteiger partial charge >= 0.3 is 6.61 Å². The van der Waals surface area contributed by atoms with Gasteiger partial charge in [-0.15, -0.1) is 12.4 Å². The average Bonchev–Trinajstić information content (AvgIpc) is 3.25. The summed E-state index contributed by atoms with van der Waals surface area (Å²) in [5.74, 6) is 0.197. The van der Waals surface area contributed by atoms with Crippen molar-refractivity contribution in [1.82, 2.24) is 5.32 Å². The number of hydrogen-bond acceptors (Lipinski definition) is 3. The summed E-state index contributed by atoms with van der Waals surface area (Å²) in [6.07, 6.45) is 2.10. The van der Waals surface area contributed by atoms with Crippen LogP contribution in [0.5, 0.6) is 5.75 Å². The molecule has 0 aromatic heterocycles. The summed E-state index contributed by atoms with van der Waals surface area (Å²) in [6, 6.07) is 6.31. The monoisotopic (exact) mass is 334 g/mol. The second kappa shape index (κ2) is 7.74. The third-order valence-electron chi connectivity index (χ3n) is 3.87. The van der Waals surface area contributed by atoms with E-state index in [0.717, 1.165) is 12.8 Å². The number of amides is 1. The van der Waals surface area contributed by atoms with Gasteiger partial charge in [0.05, 0.1) is 12.0 Å². The third kappa shape index (κ3) is 4.81. The molecular formula is C15H21ClF2N2O2. The van der Waals surface area contributed by atoms with Gasteiger partial charge in [0.15, 0.2) is 0 Å². The van der Waals surface area contributed by atoms with Crippen molar-refractivity contribution in [3.05, 3.63) is 29.8 Å². The maximum absolute atomic E-state index is 12.3. The van der Waals surface area contributed by atoms with E-state index in [2.05, 4.69) is 10.1 Å². The first-order valence-electron chi connectivity index (χ1n) is 6.98. The highest BCUT2D eigenvalue weighted by molar-refractivity contribution is 5.85. The number of halogens is 3. The van der Waals surface area contributed by atoms with E-state index >= 15 is 0 Å². The van der Waals surface area contributed by atoms with Crippen molar-refractivity contribution < 1.29 is 18.3 Å². The van der Waals surface area contributed by atoms with Crippen LogP contribution in [0, 0.1) is 5.92 Å². The zero-order chi connectivity index (χ0) is 15.5. The second-order valence-electron chi connectivity index (χ2n) is 5.61. The Balaban J connectivity index is 0.00000242. The summed E-state index contributed by atoms with van der Waals surface area (Å²) < 4.78 is 29.1. The van der Waals surface area contributed by atoms with Gasteiger partial charge in [0.1, 0.15) is 5.75 Å². The van der Waals surface area contributed by atoms with E-state index in [4.69, 9.17) is 5.73 Å². The van der Waals surface area contributed by atoms with Gasteiger partial charge in [0, 0.05) is 12.1 Å². The molecule has 4 nitrogen and oxygen atoms in total. The Bertz CT molecular complexity index is 512. The van der Waals surface area contributed by atoms with Gasteiger partial charge in [0.25, 0.3) is 0 Å². The highest BCUT2D eigenvalue weighted by Gasteiger charge is 2.41. The first kappa shape index (κ1) is 18.6. The minimum Gasteiger partial charge on any atom is -0.435 e. The molecular weight excluding hydrogens is 314 g/mol. The van der Waals surface area contributed by atoms with E-state index in [1.165, 1.54) is 6.07 Å². The molecule has 1 saturated carbocycles. The average molecular weight is 335 g/mol. The molecule has 0 spiro atoms. The number of nitrogens with two attached hydrogens (primary N) is 1. The number of hydrogen-bond donors (Lipinski definition) is 2. The molecule has 0 bridgehead atoms. The van der Waals surface area contributed by atoms with E-state index < -0.39 is 12.2 Å². The lowest BCUT2D eigenvalue weighted by Crippen LogP contribution is -2.53. The summed E-state index contributed by atoms with van der Waals surface area (Å²) in [6.45, 7) is -0.627. The Labute approximate surface area is 134 Å². The Morgan fingerprint density at radius 2 is 2.09 bits per heavy atom. The lowest BCUT2D eigenvalue weighted by atomic mass is 9.95. The molecule has 1 aromatic rings. The molecule has 1 aliphatic rings. The standard InChI is InChI=1S/C15H20F2N2O2.ClH/c1-15(9-18,11-6-7-11)19-13(20)8-10-4-2-3-5-12(10)21-14(16)17;/h2-5,11,14H,6-9,18H2,1H3,(H,19,20);1H. The lowest BCUT2D eigenvalue weighted by Gasteiger charge is -2.29. The molecule has 0 radical (unpaired) electrons. The maximum atomic E-state index is 12.3. The van der Waals surface area contributed by atoms with Gasteiger partial charge in [-0.2, -0.15) is 8.78 Å². The topological polar surface area (TPSA) is 64.3 Å². The molecule has 1 aromatic carbocycles. The van der Waals surface area contributed by atoms with Gasteiger partial charge in [-0.05, 0) is 31.7 Å². The van der Waals surface area contributed by atoms with Gasteiger partial charge in [0.2, 0.25) is 5.91 Å². The van der Waals surface area contributed by atoms with Crippen LogP contribution in [0.3, 0.4) is 0 Å². The van der Waals surface area contributed by atoms with Crippen molar-refractivity contribution in [2.24, 2.45) is 11.7 Å². The molecule has 1 atom stereocenters. The smallest absolute Gasteiger partial charge is 0.387 e. The van der Waals surface area contributed by atoms with Crippen LogP contribution in [-0.2, 0) is 11.2 Å². The maximum Gasteiger partial charge on any atom is 0.387 e. The van der Waals surface area contributed by atoms with Crippen LogP contribution < -0.4 is 15.8 Å². The Kier molecular flexibility index (Phi) is 6.56. The fraction of sp³-hybridized carbons (Fsp3) is 0.533. The molecule has 7 heteroatoms. The third-order valence-corrected chi connectivity index (χ3v) is 3.87. The number of benzene rings is 1. The summed E-state index contributed by atoms with van der Waals surface area (Å²) >= 11 is 0. The van der Waals surface area contributed by atoms with Crippen molar-refractivity contribution in [3.8, 4) is 5.75 Å². The number of ether oxygens (including phenoxy) is 1. The van der Waals surface area contributed by atoms with Crippen molar-refractivity contribution in [3.63, 3.8) is 0 Å². The zero-order valence-electron chi connectivity index (χ0n) is 12.4. The predicted molar refractivity (Wildman–Crippen MR) is 82.4 cm³/mol. The van der Waals surface area contributed by atoms with E-state index in [0.29, 0.717) is 18.0 Å². The van der Waals surface area contributed by atoms with Crippen LogP contribution in [0.25, 0.3) is 0 Å². The molecule has 0 heterocycles. The molecule has 0 aliphatic heterocycles. The number of carbonyl (C=O) groups is 1. The van der Waals surface area contributed by atoms with Crippen molar-refractivity contribution in [1.29, 1.82) is 0 Å². The van der Waals surface area contributed by atoms with Crippen LogP contribution in [0.1, 0.15) is 25.3 Å². The molecule has 0 saturated heterocycles. The molecule has 1 unspecified atom stereocenters. The van der Waals surface area contributed by atoms with Gasteiger partial charge in [-0.3, -0.25) is 4.79 Å². The van der Waals surface area contributed by atoms with Crippen LogP contribution in [0.15, 0.2) is 24.3 Å². The lowest BCUT2D eigenvalue weighted by molar-refractivity contribution is -0.122. The molecule has 124 valence electrons. The summed E-state index contributed by atoms with van der Waals surface area (Å²) in [7, 11) is 0. The fourth-order valence-electron chi connectivity index (χ4n) is 2.44.